The number of aromatic nitrogens is 1. The molecular weight excluding hydrogens is 210 g/mol. The van der Waals surface area contributed by atoms with Crippen LogP contribution in [-0.4, -0.2) is 4.98 Å². The van der Waals surface area contributed by atoms with Crippen LogP contribution in [0.4, 0.5) is 0 Å². The van der Waals surface area contributed by atoms with Gasteiger partial charge in [-0.3, -0.25) is 0 Å². The van der Waals surface area contributed by atoms with Crippen molar-refractivity contribution in [1.29, 1.82) is 0 Å². The Morgan fingerprint density at radius 3 is 2.53 bits per heavy atom. The summed E-state index contributed by atoms with van der Waals surface area (Å²) in [6.45, 7) is 6.63. The summed E-state index contributed by atoms with van der Waals surface area (Å²) >= 11 is 6.01. The molecule has 0 saturated carbocycles. The molecule has 3 heteroatoms. The Hall–Kier alpha value is -0.500. The summed E-state index contributed by atoms with van der Waals surface area (Å²) in [4.78, 5) is 4.26. The number of rotatable bonds is 6. The normalized spacial score (nSPS) is 15.2. The van der Waals surface area contributed by atoms with Gasteiger partial charge in [-0.1, -0.05) is 40.0 Å². The molecule has 0 N–H and O–H groups in total. The number of hydrogen-bond acceptors (Lipinski definition) is 2. The maximum Gasteiger partial charge on any atom is 0.217 e. The Kier molecular flexibility index (Phi) is 4.65. The molecule has 0 bridgehead atoms. The highest BCUT2D eigenvalue weighted by molar-refractivity contribution is 6.29. The van der Waals surface area contributed by atoms with E-state index in [2.05, 4.69) is 25.8 Å². The second kappa shape index (κ2) is 5.55. The molecule has 15 heavy (non-hydrogen) atoms. The Morgan fingerprint density at radius 2 is 2.07 bits per heavy atom. The molecule has 1 rings (SSSR count). The fourth-order valence-electron chi connectivity index (χ4n) is 2.11. The first-order valence-corrected chi connectivity index (χ1v) is 6.11. The van der Waals surface area contributed by atoms with Crippen molar-refractivity contribution in [3.8, 4) is 0 Å². The first-order valence-electron chi connectivity index (χ1n) is 5.73. The average Bonchev–Trinajstić information content (AvgIpc) is 2.62. The summed E-state index contributed by atoms with van der Waals surface area (Å²) in [5.41, 5.74) is 1.01. The number of hydrogen-bond donors (Lipinski definition) is 0. The largest absolute Gasteiger partial charge is 0.432 e. The van der Waals surface area contributed by atoms with Gasteiger partial charge >= 0.3 is 0 Å². The van der Waals surface area contributed by atoms with Crippen molar-refractivity contribution in [1.82, 2.24) is 4.98 Å². The van der Waals surface area contributed by atoms with Crippen molar-refractivity contribution in [3.05, 3.63) is 17.3 Å². The molecule has 0 amide bonds. The van der Waals surface area contributed by atoms with Gasteiger partial charge in [0.2, 0.25) is 5.22 Å². The molecule has 1 aromatic heterocycles. The van der Waals surface area contributed by atoms with Crippen LogP contribution in [0.3, 0.4) is 0 Å². The third-order valence-corrected chi connectivity index (χ3v) is 3.25. The molecule has 0 saturated heterocycles. The molecule has 0 radical (unpaired) electrons. The van der Waals surface area contributed by atoms with Crippen LogP contribution in [0.1, 0.15) is 58.6 Å². The highest BCUT2D eigenvalue weighted by Crippen LogP contribution is 2.37. The molecular formula is C12H20ClNO. The highest BCUT2D eigenvalue weighted by atomic mass is 35.5. The molecule has 0 aliphatic rings. The molecule has 86 valence electrons. The second-order valence-electron chi connectivity index (χ2n) is 4.39. The fourth-order valence-corrected chi connectivity index (χ4v) is 2.42. The van der Waals surface area contributed by atoms with Gasteiger partial charge in [-0.2, -0.15) is 0 Å². The lowest BCUT2D eigenvalue weighted by Gasteiger charge is -2.27. The van der Waals surface area contributed by atoms with Gasteiger partial charge in [0.1, 0.15) is 5.69 Å². The molecule has 1 unspecified atom stereocenters. The fraction of sp³-hybridized carbons (Fsp3) is 0.750. The zero-order valence-electron chi connectivity index (χ0n) is 9.85. The van der Waals surface area contributed by atoms with Gasteiger partial charge in [0.05, 0.1) is 0 Å². The molecule has 1 heterocycles. The van der Waals surface area contributed by atoms with E-state index >= 15 is 0 Å². The molecule has 1 atom stereocenters. The van der Waals surface area contributed by atoms with E-state index in [1.54, 1.807) is 0 Å². The van der Waals surface area contributed by atoms with Crippen LogP contribution >= 0.6 is 11.6 Å². The summed E-state index contributed by atoms with van der Waals surface area (Å²) in [6, 6.07) is 0. The molecule has 0 aromatic carbocycles. The summed E-state index contributed by atoms with van der Waals surface area (Å²) in [5.74, 6) is 0. The van der Waals surface area contributed by atoms with E-state index in [1.165, 1.54) is 19.2 Å². The molecule has 2 nitrogen and oxygen atoms in total. The quantitative estimate of drug-likeness (QED) is 0.714. The summed E-state index contributed by atoms with van der Waals surface area (Å²) < 4.78 is 5.09. The third-order valence-electron chi connectivity index (χ3n) is 2.98. The van der Waals surface area contributed by atoms with E-state index in [0.29, 0.717) is 5.22 Å². The zero-order chi connectivity index (χ0) is 11.3. The summed E-state index contributed by atoms with van der Waals surface area (Å²) in [5, 5.41) is 0.460. The summed E-state index contributed by atoms with van der Waals surface area (Å²) in [6.07, 6.45) is 7.23. The lowest BCUT2D eigenvalue weighted by atomic mass is 9.78. The number of unbranched alkanes of at least 4 members (excludes halogenated alkanes) is 1. The smallest absolute Gasteiger partial charge is 0.217 e. The monoisotopic (exact) mass is 229 g/mol. The number of nitrogens with zero attached hydrogens (tertiary/aromatic N) is 1. The summed E-state index contributed by atoms with van der Waals surface area (Å²) in [7, 11) is 0. The first-order chi connectivity index (χ1) is 7.14. The average molecular weight is 230 g/mol. The predicted octanol–water partition coefficient (Wildman–Crippen LogP) is 4.58. The topological polar surface area (TPSA) is 26.0 Å². The Morgan fingerprint density at radius 1 is 1.33 bits per heavy atom. The van der Waals surface area contributed by atoms with Crippen molar-refractivity contribution >= 4 is 11.6 Å². The van der Waals surface area contributed by atoms with Gasteiger partial charge in [0, 0.05) is 5.41 Å². The van der Waals surface area contributed by atoms with Crippen LogP contribution in [0.15, 0.2) is 10.8 Å². The number of oxazole rings is 1. The minimum absolute atomic E-state index is 0.0782. The molecule has 1 aromatic rings. The maximum atomic E-state index is 6.01. The van der Waals surface area contributed by atoms with Crippen LogP contribution in [0, 0.1) is 0 Å². The second-order valence-corrected chi connectivity index (χ2v) is 4.73. The van der Waals surface area contributed by atoms with Crippen LogP contribution in [0.5, 0.6) is 0 Å². The van der Waals surface area contributed by atoms with E-state index in [4.69, 9.17) is 16.0 Å². The van der Waals surface area contributed by atoms with Gasteiger partial charge < -0.3 is 4.42 Å². The molecule has 0 spiro atoms. The Balaban J connectivity index is 2.85. The van der Waals surface area contributed by atoms with Crippen molar-refractivity contribution in [2.45, 2.75) is 58.3 Å². The lowest BCUT2D eigenvalue weighted by Crippen LogP contribution is -2.22. The third kappa shape index (κ3) is 2.97. The minimum atomic E-state index is 0.0782. The van der Waals surface area contributed by atoms with Crippen LogP contribution in [0.2, 0.25) is 5.22 Å². The maximum absolute atomic E-state index is 6.01. The van der Waals surface area contributed by atoms with Crippen molar-refractivity contribution < 1.29 is 4.42 Å². The highest BCUT2D eigenvalue weighted by Gasteiger charge is 2.30. The van der Waals surface area contributed by atoms with E-state index in [0.717, 1.165) is 25.0 Å². The van der Waals surface area contributed by atoms with E-state index in [1.807, 2.05) is 0 Å². The standard InChI is InChI=1S/C12H20ClNO/c1-4-6-8-12(3,7-5-2)10-11(13)15-9-14-10/h9H,4-8H2,1-3H3. The first kappa shape index (κ1) is 12.6. The van der Waals surface area contributed by atoms with Crippen molar-refractivity contribution in [3.63, 3.8) is 0 Å². The van der Waals surface area contributed by atoms with Gasteiger partial charge in [0.15, 0.2) is 6.39 Å². The lowest BCUT2D eigenvalue weighted by molar-refractivity contribution is 0.372. The van der Waals surface area contributed by atoms with E-state index < -0.39 is 0 Å². The van der Waals surface area contributed by atoms with E-state index in [-0.39, 0.29) is 5.41 Å². The van der Waals surface area contributed by atoms with Crippen molar-refractivity contribution in [2.24, 2.45) is 0 Å². The molecule has 0 aliphatic carbocycles. The van der Waals surface area contributed by atoms with Crippen LogP contribution in [0.25, 0.3) is 0 Å². The predicted molar refractivity (Wildman–Crippen MR) is 63.3 cm³/mol. The van der Waals surface area contributed by atoms with Gasteiger partial charge in [-0.05, 0) is 24.4 Å². The molecule has 0 aliphatic heterocycles. The van der Waals surface area contributed by atoms with Crippen molar-refractivity contribution in [2.75, 3.05) is 0 Å². The number of halogens is 1. The van der Waals surface area contributed by atoms with Gasteiger partial charge in [-0.15, -0.1) is 0 Å². The van der Waals surface area contributed by atoms with E-state index in [9.17, 15) is 0 Å². The Labute approximate surface area is 97.0 Å². The van der Waals surface area contributed by atoms with Crippen LogP contribution < -0.4 is 0 Å². The SMILES string of the molecule is CCCCC(C)(CCC)c1ncoc1Cl. The molecule has 0 fully saturated rings. The van der Waals surface area contributed by atoms with Gasteiger partial charge in [-0.25, -0.2) is 4.98 Å². The van der Waals surface area contributed by atoms with Gasteiger partial charge in [0.25, 0.3) is 0 Å². The minimum Gasteiger partial charge on any atom is -0.432 e. The Bertz CT molecular complexity index is 298. The zero-order valence-corrected chi connectivity index (χ0v) is 10.6. The van der Waals surface area contributed by atoms with Crippen LogP contribution in [-0.2, 0) is 5.41 Å².